The lowest BCUT2D eigenvalue weighted by Gasteiger charge is -2.28. The Labute approximate surface area is 130 Å². The summed E-state index contributed by atoms with van der Waals surface area (Å²) in [6.45, 7) is 5.39. The Morgan fingerprint density at radius 3 is 2.05 bits per heavy atom. The molecule has 0 fully saturated rings. The number of alkyl halides is 4. The van der Waals surface area contributed by atoms with Crippen molar-refractivity contribution in [1.29, 1.82) is 0 Å². The average molecular weight is 322 g/mol. The van der Waals surface area contributed by atoms with E-state index in [0.717, 1.165) is 25.7 Å². The van der Waals surface area contributed by atoms with Gasteiger partial charge < -0.3 is 4.90 Å². The largest absolute Gasteiger partial charge is 0.418 e. The van der Waals surface area contributed by atoms with Gasteiger partial charge in [0.1, 0.15) is 0 Å². The Balaban J connectivity index is 3.15. The summed E-state index contributed by atoms with van der Waals surface area (Å²) < 4.78 is 39.9. The third-order valence-corrected chi connectivity index (χ3v) is 3.73. The fraction of sp³-hybridized carbons (Fsp3) is 0.625. The van der Waals surface area contributed by atoms with Crippen molar-refractivity contribution >= 4 is 17.3 Å². The maximum absolute atomic E-state index is 13.3. The maximum atomic E-state index is 13.3. The van der Waals surface area contributed by atoms with Gasteiger partial charge in [0.25, 0.3) is 0 Å². The van der Waals surface area contributed by atoms with E-state index in [2.05, 4.69) is 0 Å². The standard InChI is InChI=1S/C16H23ClF3N/c1-3-5-9-21(10-6-4-2)15-8-7-13(12-17)11-14(15)16(18,19)20/h7-8,11H,3-6,9-10,12H2,1-2H3. The molecule has 0 radical (unpaired) electrons. The highest BCUT2D eigenvalue weighted by molar-refractivity contribution is 6.17. The maximum Gasteiger partial charge on any atom is 0.418 e. The first-order chi connectivity index (χ1) is 9.93. The quantitative estimate of drug-likeness (QED) is 0.543. The number of anilines is 1. The number of unbranched alkanes of at least 4 members (excludes halogenated alkanes) is 2. The molecule has 0 aliphatic rings. The van der Waals surface area contributed by atoms with Crippen LogP contribution in [-0.4, -0.2) is 13.1 Å². The molecular weight excluding hydrogens is 299 g/mol. The molecule has 0 bridgehead atoms. The lowest BCUT2D eigenvalue weighted by Crippen LogP contribution is -2.28. The first-order valence-electron chi connectivity index (χ1n) is 7.45. The fourth-order valence-electron chi connectivity index (χ4n) is 2.22. The van der Waals surface area contributed by atoms with Gasteiger partial charge in [-0.2, -0.15) is 13.2 Å². The SMILES string of the molecule is CCCCN(CCCC)c1ccc(CCl)cc1C(F)(F)F. The summed E-state index contributed by atoms with van der Waals surface area (Å²) in [4.78, 5) is 1.85. The number of hydrogen-bond acceptors (Lipinski definition) is 1. The fourth-order valence-corrected chi connectivity index (χ4v) is 2.39. The Bertz CT molecular complexity index is 424. The lowest BCUT2D eigenvalue weighted by atomic mass is 10.1. The van der Waals surface area contributed by atoms with E-state index in [1.807, 2.05) is 18.7 Å². The summed E-state index contributed by atoms with van der Waals surface area (Å²) in [7, 11) is 0. The van der Waals surface area contributed by atoms with Crippen LogP contribution in [0.3, 0.4) is 0 Å². The molecule has 1 nitrogen and oxygen atoms in total. The van der Waals surface area contributed by atoms with E-state index >= 15 is 0 Å². The van der Waals surface area contributed by atoms with Gasteiger partial charge in [0.15, 0.2) is 0 Å². The zero-order valence-electron chi connectivity index (χ0n) is 12.6. The second-order valence-corrected chi connectivity index (χ2v) is 5.44. The van der Waals surface area contributed by atoms with Crippen LogP contribution in [-0.2, 0) is 12.1 Å². The molecule has 21 heavy (non-hydrogen) atoms. The Morgan fingerprint density at radius 2 is 1.62 bits per heavy atom. The van der Waals surface area contributed by atoms with Crippen LogP contribution in [0, 0.1) is 0 Å². The van der Waals surface area contributed by atoms with Gasteiger partial charge in [0, 0.05) is 24.7 Å². The normalized spacial score (nSPS) is 11.7. The second-order valence-electron chi connectivity index (χ2n) is 5.18. The van der Waals surface area contributed by atoms with E-state index in [1.54, 1.807) is 12.1 Å². The minimum atomic E-state index is -4.35. The third kappa shape index (κ3) is 5.42. The van der Waals surface area contributed by atoms with Gasteiger partial charge >= 0.3 is 6.18 Å². The average Bonchev–Trinajstić information content (AvgIpc) is 2.46. The summed E-state index contributed by atoms with van der Waals surface area (Å²) in [5.41, 5.74) is 0.199. The molecule has 0 saturated carbocycles. The molecule has 0 heterocycles. The zero-order valence-corrected chi connectivity index (χ0v) is 13.4. The molecule has 0 unspecified atom stereocenters. The molecule has 0 atom stereocenters. The van der Waals surface area contributed by atoms with Crippen molar-refractivity contribution in [3.05, 3.63) is 29.3 Å². The molecule has 1 aromatic carbocycles. The van der Waals surface area contributed by atoms with Gasteiger partial charge in [-0.05, 0) is 30.5 Å². The molecule has 1 rings (SSSR count). The highest BCUT2D eigenvalue weighted by Crippen LogP contribution is 2.37. The predicted octanol–water partition coefficient (Wildman–Crippen LogP) is 5.85. The second kappa shape index (κ2) is 8.52. The molecule has 1 aromatic rings. The van der Waals surface area contributed by atoms with E-state index in [0.29, 0.717) is 18.7 Å². The topological polar surface area (TPSA) is 3.24 Å². The monoisotopic (exact) mass is 321 g/mol. The van der Waals surface area contributed by atoms with Gasteiger partial charge in [-0.25, -0.2) is 0 Å². The predicted molar refractivity (Wildman–Crippen MR) is 83.0 cm³/mol. The smallest absolute Gasteiger partial charge is 0.371 e. The molecule has 0 N–H and O–H groups in total. The molecule has 0 amide bonds. The van der Waals surface area contributed by atoms with Crippen molar-refractivity contribution in [3.8, 4) is 0 Å². The third-order valence-electron chi connectivity index (χ3n) is 3.42. The molecule has 0 spiro atoms. The number of nitrogens with zero attached hydrogens (tertiary/aromatic N) is 1. The van der Waals surface area contributed by atoms with Crippen molar-refractivity contribution in [2.24, 2.45) is 0 Å². The van der Waals surface area contributed by atoms with Crippen molar-refractivity contribution in [2.75, 3.05) is 18.0 Å². The molecular formula is C16H23ClF3N. The van der Waals surface area contributed by atoms with Gasteiger partial charge in [0.2, 0.25) is 0 Å². The minimum absolute atomic E-state index is 0.0906. The van der Waals surface area contributed by atoms with Crippen LogP contribution in [0.15, 0.2) is 18.2 Å². The van der Waals surface area contributed by atoms with Crippen LogP contribution >= 0.6 is 11.6 Å². The van der Waals surface area contributed by atoms with E-state index in [1.165, 1.54) is 6.07 Å². The first-order valence-corrected chi connectivity index (χ1v) is 7.98. The minimum Gasteiger partial charge on any atom is -0.371 e. The summed E-state index contributed by atoms with van der Waals surface area (Å²) in [5.74, 6) is 0.0906. The van der Waals surface area contributed by atoms with Crippen LogP contribution in [0.1, 0.15) is 50.7 Å². The van der Waals surface area contributed by atoms with Gasteiger partial charge in [-0.3, -0.25) is 0 Å². The number of halogens is 4. The highest BCUT2D eigenvalue weighted by Gasteiger charge is 2.35. The van der Waals surface area contributed by atoms with Crippen LogP contribution in [0.25, 0.3) is 0 Å². The molecule has 0 saturated heterocycles. The van der Waals surface area contributed by atoms with Crippen molar-refractivity contribution in [1.82, 2.24) is 0 Å². The molecule has 120 valence electrons. The molecule has 0 aliphatic carbocycles. The van der Waals surface area contributed by atoms with E-state index in [-0.39, 0.29) is 11.6 Å². The van der Waals surface area contributed by atoms with Crippen LogP contribution < -0.4 is 4.90 Å². The summed E-state index contributed by atoms with van der Waals surface area (Å²) in [5, 5.41) is 0. The van der Waals surface area contributed by atoms with Gasteiger partial charge in [0.05, 0.1) is 5.56 Å². The van der Waals surface area contributed by atoms with E-state index < -0.39 is 11.7 Å². The van der Waals surface area contributed by atoms with Crippen molar-refractivity contribution in [2.45, 2.75) is 51.6 Å². The molecule has 5 heteroatoms. The Kier molecular flexibility index (Phi) is 7.36. The lowest BCUT2D eigenvalue weighted by molar-refractivity contribution is -0.137. The summed E-state index contributed by atoms with van der Waals surface area (Å²) >= 11 is 5.67. The Morgan fingerprint density at radius 1 is 1.05 bits per heavy atom. The summed E-state index contributed by atoms with van der Waals surface area (Å²) in [6.07, 6.45) is -0.655. The van der Waals surface area contributed by atoms with Gasteiger partial charge in [-0.1, -0.05) is 32.8 Å². The number of hydrogen-bond donors (Lipinski definition) is 0. The molecule has 0 aromatic heterocycles. The zero-order chi connectivity index (χ0) is 15.9. The van der Waals surface area contributed by atoms with E-state index in [4.69, 9.17) is 11.6 Å². The van der Waals surface area contributed by atoms with Crippen LogP contribution in [0.4, 0.5) is 18.9 Å². The first kappa shape index (κ1) is 18.1. The molecule has 0 aliphatic heterocycles. The van der Waals surface area contributed by atoms with E-state index in [9.17, 15) is 13.2 Å². The summed E-state index contributed by atoms with van der Waals surface area (Å²) in [6, 6.07) is 4.42. The number of rotatable bonds is 8. The van der Waals surface area contributed by atoms with Gasteiger partial charge in [-0.15, -0.1) is 11.6 Å². The highest BCUT2D eigenvalue weighted by atomic mass is 35.5. The van der Waals surface area contributed by atoms with Crippen molar-refractivity contribution in [3.63, 3.8) is 0 Å². The van der Waals surface area contributed by atoms with Crippen LogP contribution in [0.5, 0.6) is 0 Å². The van der Waals surface area contributed by atoms with Crippen molar-refractivity contribution < 1.29 is 13.2 Å². The number of benzene rings is 1. The Hall–Kier alpha value is -0.900. The van der Waals surface area contributed by atoms with Crippen LogP contribution in [0.2, 0.25) is 0 Å².